The van der Waals surface area contributed by atoms with Crippen LogP contribution >= 0.6 is 0 Å². The fourth-order valence-corrected chi connectivity index (χ4v) is 2.83. The Labute approximate surface area is 139 Å². The summed E-state index contributed by atoms with van der Waals surface area (Å²) >= 11 is 0. The molecular formula is C17H23F3N2O2. The van der Waals surface area contributed by atoms with E-state index in [1.165, 1.54) is 4.90 Å². The van der Waals surface area contributed by atoms with Crippen molar-refractivity contribution in [2.75, 3.05) is 13.1 Å². The molecule has 1 unspecified atom stereocenters. The van der Waals surface area contributed by atoms with Crippen LogP contribution in [-0.2, 0) is 6.42 Å². The Balaban J connectivity index is 1.88. The van der Waals surface area contributed by atoms with Gasteiger partial charge in [0.15, 0.2) is 5.60 Å². The Bertz CT molecular complexity index is 541. The van der Waals surface area contributed by atoms with Gasteiger partial charge in [0.2, 0.25) is 0 Å². The van der Waals surface area contributed by atoms with Gasteiger partial charge in [0.05, 0.1) is 0 Å². The quantitative estimate of drug-likeness (QED) is 0.882. The third-order valence-corrected chi connectivity index (χ3v) is 4.55. The summed E-state index contributed by atoms with van der Waals surface area (Å²) in [6, 6.07) is 9.25. The first-order chi connectivity index (χ1) is 11.2. The maximum absolute atomic E-state index is 12.8. The van der Waals surface area contributed by atoms with E-state index in [4.69, 9.17) is 0 Å². The van der Waals surface area contributed by atoms with E-state index < -0.39 is 24.6 Å². The molecule has 4 nitrogen and oxygen atoms in total. The molecule has 1 saturated heterocycles. The highest BCUT2D eigenvalue weighted by atomic mass is 19.4. The normalized spacial score (nSPS) is 19.0. The van der Waals surface area contributed by atoms with E-state index in [-0.39, 0.29) is 25.2 Å². The van der Waals surface area contributed by atoms with E-state index in [1.807, 2.05) is 37.3 Å². The average Bonchev–Trinajstić information content (AvgIpc) is 2.54. The number of hydrogen-bond acceptors (Lipinski definition) is 2. The first kappa shape index (κ1) is 18.6. The van der Waals surface area contributed by atoms with Gasteiger partial charge in [0, 0.05) is 32.0 Å². The van der Waals surface area contributed by atoms with Crippen molar-refractivity contribution in [2.45, 2.75) is 50.4 Å². The number of nitrogens with zero attached hydrogens (tertiary/aromatic N) is 1. The molecule has 1 aromatic carbocycles. The lowest BCUT2D eigenvalue weighted by Crippen LogP contribution is -2.56. The van der Waals surface area contributed by atoms with Gasteiger partial charge in [-0.05, 0) is 18.4 Å². The lowest BCUT2D eigenvalue weighted by atomic mass is 9.91. The molecule has 1 fully saturated rings. The van der Waals surface area contributed by atoms with Crippen molar-refractivity contribution in [1.82, 2.24) is 10.2 Å². The van der Waals surface area contributed by atoms with Gasteiger partial charge >= 0.3 is 12.2 Å². The van der Waals surface area contributed by atoms with Crippen molar-refractivity contribution in [3.8, 4) is 0 Å². The summed E-state index contributed by atoms with van der Waals surface area (Å²) in [5.41, 5.74) is -1.59. The third-order valence-electron chi connectivity index (χ3n) is 4.55. The van der Waals surface area contributed by atoms with E-state index in [0.29, 0.717) is 6.42 Å². The van der Waals surface area contributed by atoms with E-state index >= 15 is 0 Å². The summed E-state index contributed by atoms with van der Waals surface area (Å²) in [5.74, 6) is 0. The number of alkyl halides is 3. The maximum Gasteiger partial charge on any atom is 0.417 e. The molecule has 0 saturated carbocycles. The van der Waals surface area contributed by atoms with Crippen molar-refractivity contribution in [2.24, 2.45) is 0 Å². The van der Waals surface area contributed by atoms with Crippen molar-refractivity contribution in [3.05, 3.63) is 35.9 Å². The molecule has 2 N–H and O–H groups in total. The fourth-order valence-electron chi connectivity index (χ4n) is 2.83. The molecule has 7 heteroatoms. The molecule has 0 aromatic heterocycles. The molecule has 0 bridgehead atoms. The van der Waals surface area contributed by atoms with Crippen molar-refractivity contribution >= 4 is 6.03 Å². The largest absolute Gasteiger partial charge is 0.417 e. The Morgan fingerprint density at radius 1 is 1.29 bits per heavy atom. The number of carbonyl (C=O) groups excluding carboxylic acids is 1. The van der Waals surface area contributed by atoms with Crippen LogP contribution in [0.2, 0.25) is 0 Å². The summed E-state index contributed by atoms with van der Waals surface area (Å²) in [6.07, 6.45) is -4.24. The smallest absolute Gasteiger partial charge is 0.380 e. The molecule has 2 rings (SSSR count). The van der Waals surface area contributed by atoms with Gasteiger partial charge in [-0.1, -0.05) is 37.3 Å². The monoisotopic (exact) mass is 344 g/mol. The van der Waals surface area contributed by atoms with Gasteiger partial charge in [0.25, 0.3) is 0 Å². The van der Waals surface area contributed by atoms with Crippen LogP contribution in [0.15, 0.2) is 30.3 Å². The summed E-state index contributed by atoms with van der Waals surface area (Å²) in [4.78, 5) is 13.6. The van der Waals surface area contributed by atoms with Gasteiger partial charge in [-0.15, -0.1) is 0 Å². The Morgan fingerprint density at radius 2 is 1.88 bits per heavy atom. The molecule has 134 valence electrons. The molecule has 1 atom stereocenters. The minimum atomic E-state index is -4.66. The van der Waals surface area contributed by atoms with Crippen molar-refractivity contribution in [3.63, 3.8) is 0 Å². The standard InChI is InChI=1S/C17H23F3N2O2/c1-2-14(12-13-6-4-3-5-7-13)21-15(23)22-10-8-16(24,9-11-22)17(18,19)20/h3-7,14,24H,2,8-12H2,1H3,(H,21,23). The second kappa shape index (κ2) is 7.42. The van der Waals surface area contributed by atoms with Crippen LogP contribution in [0.4, 0.5) is 18.0 Å². The van der Waals surface area contributed by atoms with Crippen molar-refractivity contribution < 1.29 is 23.1 Å². The zero-order valence-electron chi connectivity index (χ0n) is 13.6. The number of carbonyl (C=O) groups is 1. The molecule has 1 aromatic rings. The lowest BCUT2D eigenvalue weighted by molar-refractivity contribution is -0.271. The summed E-state index contributed by atoms with van der Waals surface area (Å²) in [5, 5.41) is 12.5. The van der Waals surface area contributed by atoms with Gasteiger partial charge in [-0.25, -0.2) is 4.79 Å². The maximum atomic E-state index is 12.8. The molecule has 1 aliphatic heterocycles. The molecule has 0 aliphatic carbocycles. The van der Waals surface area contributed by atoms with Crippen LogP contribution in [0, 0.1) is 0 Å². The zero-order valence-corrected chi connectivity index (χ0v) is 13.6. The highest BCUT2D eigenvalue weighted by Gasteiger charge is 2.54. The summed E-state index contributed by atoms with van der Waals surface area (Å²) in [6.45, 7) is 1.74. The van der Waals surface area contributed by atoms with Crippen LogP contribution in [-0.4, -0.2) is 46.9 Å². The molecular weight excluding hydrogens is 321 g/mol. The second-order valence-electron chi connectivity index (χ2n) is 6.26. The Morgan fingerprint density at radius 3 is 2.38 bits per heavy atom. The number of aliphatic hydroxyl groups is 1. The van der Waals surface area contributed by atoms with Gasteiger partial charge in [-0.2, -0.15) is 13.2 Å². The van der Waals surface area contributed by atoms with Crippen LogP contribution in [0.3, 0.4) is 0 Å². The van der Waals surface area contributed by atoms with Gasteiger partial charge in [0.1, 0.15) is 0 Å². The molecule has 0 spiro atoms. The first-order valence-electron chi connectivity index (χ1n) is 8.13. The zero-order chi connectivity index (χ0) is 17.8. The number of amides is 2. The van der Waals surface area contributed by atoms with Crippen LogP contribution in [0.5, 0.6) is 0 Å². The second-order valence-corrected chi connectivity index (χ2v) is 6.26. The average molecular weight is 344 g/mol. The van der Waals surface area contributed by atoms with E-state index in [0.717, 1.165) is 12.0 Å². The number of rotatable bonds is 4. The summed E-state index contributed by atoms with van der Waals surface area (Å²) < 4.78 is 38.4. The van der Waals surface area contributed by atoms with Crippen molar-refractivity contribution in [1.29, 1.82) is 0 Å². The minimum absolute atomic E-state index is 0.0803. The van der Waals surface area contributed by atoms with Crippen LogP contribution < -0.4 is 5.32 Å². The highest BCUT2D eigenvalue weighted by molar-refractivity contribution is 5.74. The number of urea groups is 1. The van der Waals surface area contributed by atoms with E-state index in [1.54, 1.807) is 0 Å². The molecule has 2 amide bonds. The number of likely N-dealkylation sites (tertiary alicyclic amines) is 1. The Kier molecular flexibility index (Phi) is 5.74. The molecule has 0 radical (unpaired) electrons. The van der Waals surface area contributed by atoms with Gasteiger partial charge in [-0.3, -0.25) is 0 Å². The SMILES string of the molecule is CCC(Cc1ccccc1)NC(=O)N1CCC(O)(C(F)(F)F)CC1. The Hall–Kier alpha value is -1.76. The van der Waals surface area contributed by atoms with Gasteiger partial charge < -0.3 is 15.3 Å². The fraction of sp³-hybridized carbons (Fsp3) is 0.588. The van der Waals surface area contributed by atoms with Crippen LogP contribution in [0.25, 0.3) is 0 Å². The lowest BCUT2D eigenvalue weighted by Gasteiger charge is -2.39. The minimum Gasteiger partial charge on any atom is -0.380 e. The number of benzene rings is 1. The molecule has 1 heterocycles. The number of hydrogen-bond donors (Lipinski definition) is 2. The molecule has 24 heavy (non-hydrogen) atoms. The predicted octanol–water partition coefficient (Wildman–Crippen LogP) is 3.11. The third kappa shape index (κ3) is 4.41. The first-order valence-corrected chi connectivity index (χ1v) is 8.13. The predicted molar refractivity (Wildman–Crippen MR) is 84.6 cm³/mol. The highest BCUT2D eigenvalue weighted by Crippen LogP contribution is 2.38. The summed E-state index contributed by atoms with van der Waals surface area (Å²) in [7, 11) is 0. The van der Waals surface area contributed by atoms with Crippen LogP contribution in [0.1, 0.15) is 31.7 Å². The van der Waals surface area contributed by atoms with E-state index in [9.17, 15) is 23.1 Å². The molecule has 1 aliphatic rings. The number of halogens is 3. The van der Waals surface area contributed by atoms with E-state index in [2.05, 4.69) is 5.32 Å². The topological polar surface area (TPSA) is 52.6 Å². The number of nitrogens with one attached hydrogen (secondary N) is 1. The number of piperidine rings is 1.